The highest BCUT2D eigenvalue weighted by atomic mass is 32.1. The molecule has 2 fully saturated rings. The van der Waals surface area contributed by atoms with Crippen LogP contribution in [-0.4, -0.2) is 41.6 Å². The van der Waals surface area contributed by atoms with E-state index in [0.717, 1.165) is 50.7 Å². The molecular formula is C38H66O5SSi2. The van der Waals surface area contributed by atoms with Crippen LogP contribution in [0.1, 0.15) is 124 Å². The summed E-state index contributed by atoms with van der Waals surface area (Å²) in [5.41, 5.74) is 1.55. The fraction of sp³-hybridized carbons (Fsp3) is 0.789. The van der Waals surface area contributed by atoms with Crippen molar-refractivity contribution in [3.05, 3.63) is 33.7 Å². The molecule has 1 aromatic heterocycles. The molecule has 0 radical (unpaired) electrons. The van der Waals surface area contributed by atoms with E-state index in [4.69, 9.17) is 13.6 Å². The third kappa shape index (κ3) is 9.26. The van der Waals surface area contributed by atoms with Crippen LogP contribution in [0.5, 0.6) is 0 Å². The summed E-state index contributed by atoms with van der Waals surface area (Å²) in [5.74, 6) is 1.18. The Morgan fingerprint density at radius 1 is 0.978 bits per heavy atom. The number of hydrogen-bond donors (Lipinski definition) is 0. The highest BCUT2D eigenvalue weighted by Crippen LogP contribution is 2.56. The number of carbonyl (C=O) groups is 2. The Kier molecular flexibility index (Phi) is 13.3. The zero-order valence-electron chi connectivity index (χ0n) is 31.4. The Morgan fingerprint density at radius 2 is 1.61 bits per heavy atom. The summed E-state index contributed by atoms with van der Waals surface area (Å²) in [6, 6.07) is 4.46. The van der Waals surface area contributed by atoms with Crippen molar-refractivity contribution in [2.75, 3.05) is 7.11 Å². The molecule has 8 heteroatoms. The number of thiophene rings is 1. The van der Waals surface area contributed by atoms with E-state index in [-0.39, 0.29) is 39.4 Å². The molecule has 0 aromatic carbocycles. The van der Waals surface area contributed by atoms with Gasteiger partial charge < -0.3 is 13.6 Å². The van der Waals surface area contributed by atoms with Crippen LogP contribution in [0.2, 0.25) is 36.3 Å². The molecule has 0 N–H and O–H groups in total. The number of ketones is 1. The maximum atomic E-state index is 14.2. The van der Waals surface area contributed by atoms with E-state index >= 15 is 0 Å². The predicted molar refractivity (Wildman–Crippen MR) is 198 cm³/mol. The molecule has 2 aliphatic carbocycles. The quantitative estimate of drug-likeness (QED) is 0.0748. The largest absolute Gasteiger partial charge is 0.546 e. The van der Waals surface area contributed by atoms with E-state index in [1.807, 2.05) is 11.3 Å². The van der Waals surface area contributed by atoms with Gasteiger partial charge >= 0.3 is 5.97 Å². The zero-order valence-corrected chi connectivity index (χ0v) is 34.2. The lowest BCUT2D eigenvalue weighted by Crippen LogP contribution is -2.48. The first-order valence-electron chi connectivity index (χ1n) is 18.0. The molecule has 0 bridgehead atoms. The average Bonchev–Trinajstić information content (AvgIpc) is 3.54. The molecule has 5 nitrogen and oxygen atoms in total. The van der Waals surface area contributed by atoms with Crippen molar-refractivity contribution in [1.29, 1.82) is 0 Å². The number of Topliss-reactive ketones (excluding diaryl/α,β-unsaturated/α-hetero) is 1. The lowest BCUT2D eigenvalue weighted by Gasteiger charge is -2.49. The molecule has 1 heterocycles. The number of allylic oxidation sites excluding steroid dienone is 1. The van der Waals surface area contributed by atoms with E-state index in [1.165, 1.54) is 36.8 Å². The summed E-state index contributed by atoms with van der Waals surface area (Å²) in [4.78, 5) is 27.2. The van der Waals surface area contributed by atoms with Crippen LogP contribution in [-0.2, 0) is 29.6 Å². The Labute approximate surface area is 287 Å². The maximum absolute atomic E-state index is 14.2. The van der Waals surface area contributed by atoms with Crippen LogP contribution >= 0.6 is 11.3 Å². The highest BCUT2D eigenvalue weighted by molar-refractivity contribution is 7.09. The highest BCUT2D eigenvalue weighted by Gasteiger charge is 2.54. The van der Waals surface area contributed by atoms with Crippen LogP contribution in [0.25, 0.3) is 0 Å². The molecule has 2 aliphatic rings. The number of unbranched alkanes of at least 4 members (excludes halogenated alkanes) is 3. The van der Waals surface area contributed by atoms with Crippen molar-refractivity contribution in [3.8, 4) is 0 Å². The van der Waals surface area contributed by atoms with E-state index < -0.39 is 16.6 Å². The van der Waals surface area contributed by atoms with Gasteiger partial charge in [-0.25, -0.2) is 0 Å². The second-order valence-electron chi connectivity index (χ2n) is 17.2. The van der Waals surface area contributed by atoms with E-state index in [0.29, 0.717) is 18.6 Å². The molecule has 0 amide bonds. The van der Waals surface area contributed by atoms with Gasteiger partial charge in [0, 0.05) is 23.6 Å². The van der Waals surface area contributed by atoms with Gasteiger partial charge in [0.05, 0.1) is 24.9 Å². The molecule has 0 unspecified atom stereocenters. The number of esters is 1. The average molecular weight is 691 g/mol. The standard InChI is InChI=1S/C38H66O5SSi2/c1-13-30(38(23-19-24-38)27-28-20-18-25-44-28)35(43-46(11,12)37(5,6)7)34-29(21-16-14-15-17-22-33(40)41-8)31(39)26-32(34)42-45(9,10)36(2,3)4/h18,20,25,29,32,34H,13-17,19,21-24,26-27H2,1-12H3/b35-30+/t29-,32+,34+/m0/s1. The van der Waals surface area contributed by atoms with Crippen LogP contribution < -0.4 is 0 Å². The Hall–Kier alpha value is -1.23. The van der Waals surface area contributed by atoms with Crippen LogP contribution in [0.3, 0.4) is 0 Å². The summed E-state index contributed by atoms with van der Waals surface area (Å²) < 4.78 is 19.7. The second kappa shape index (κ2) is 15.5. The van der Waals surface area contributed by atoms with Gasteiger partial charge in [-0.2, -0.15) is 0 Å². The summed E-state index contributed by atoms with van der Waals surface area (Å²) in [6.07, 6.45) is 11.0. The van der Waals surface area contributed by atoms with E-state index in [9.17, 15) is 9.59 Å². The van der Waals surface area contributed by atoms with Gasteiger partial charge in [-0.15, -0.1) is 11.3 Å². The molecule has 1 aromatic rings. The zero-order chi connectivity index (χ0) is 34.6. The Bertz CT molecular complexity index is 1180. The van der Waals surface area contributed by atoms with Crippen molar-refractivity contribution in [2.24, 2.45) is 17.3 Å². The fourth-order valence-corrected chi connectivity index (χ4v) is 10.2. The topological polar surface area (TPSA) is 61.8 Å². The minimum absolute atomic E-state index is 0.0329. The van der Waals surface area contributed by atoms with Crippen LogP contribution in [0.4, 0.5) is 0 Å². The molecule has 0 aliphatic heterocycles. The number of hydrogen-bond acceptors (Lipinski definition) is 6. The van der Waals surface area contributed by atoms with Crippen molar-refractivity contribution < 1.29 is 23.2 Å². The van der Waals surface area contributed by atoms with Crippen molar-refractivity contribution in [1.82, 2.24) is 0 Å². The third-order valence-electron chi connectivity index (χ3n) is 11.9. The number of methoxy groups -OCH3 is 1. The van der Waals surface area contributed by atoms with Gasteiger partial charge in [0.2, 0.25) is 8.32 Å². The SMILES string of the molecule is CC/C(=C(\O[Si](C)(C)C(C)(C)C)[C@H]1[C@H](O[Si](C)(C)C(C)(C)C)CC(=O)[C@@H]1CCCCCCC(=O)OC)C1(Cc2cccs2)CCC1. The summed E-state index contributed by atoms with van der Waals surface area (Å²) in [5, 5.41) is 2.28. The van der Waals surface area contributed by atoms with Gasteiger partial charge in [0.15, 0.2) is 8.32 Å². The lowest BCUT2D eigenvalue weighted by atomic mass is 9.60. The minimum Gasteiger partial charge on any atom is -0.546 e. The van der Waals surface area contributed by atoms with Crippen LogP contribution in [0.15, 0.2) is 28.8 Å². The smallest absolute Gasteiger partial charge is 0.305 e. The molecule has 46 heavy (non-hydrogen) atoms. The number of rotatable bonds is 16. The summed E-state index contributed by atoms with van der Waals surface area (Å²) >= 11 is 1.86. The van der Waals surface area contributed by atoms with Gasteiger partial charge in [-0.3, -0.25) is 9.59 Å². The molecule has 2 saturated carbocycles. The first-order chi connectivity index (χ1) is 21.3. The van der Waals surface area contributed by atoms with E-state index in [1.54, 1.807) is 0 Å². The fourth-order valence-electron chi connectivity index (χ4n) is 6.89. The van der Waals surface area contributed by atoms with Crippen molar-refractivity contribution >= 4 is 39.7 Å². The van der Waals surface area contributed by atoms with E-state index in [2.05, 4.69) is 92.2 Å². The van der Waals surface area contributed by atoms with Gasteiger partial charge in [-0.05, 0) is 97.2 Å². The first-order valence-corrected chi connectivity index (χ1v) is 24.7. The molecule has 0 spiro atoms. The van der Waals surface area contributed by atoms with Gasteiger partial charge in [0.1, 0.15) is 5.78 Å². The van der Waals surface area contributed by atoms with Crippen LogP contribution in [0, 0.1) is 17.3 Å². The second-order valence-corrected chi connectivity index (χ2v) is 27.7. The van der Waals surface area contributed by atoms with Gasteiger partial charge in [0.25, 0.3) is 0 Å². The minimum atomic E-state index is -2.26. The molecule has 3 rings (SSSR count). The normalized spacial score (nSPS) is 22.8. The number of carbonyl (C=O) groups excluding carboxylic acids is 2. The Morgan fingerprint density at radius 3 is 2.11 bits per heavy atom. The van der Waals surface area contributed by atoms with Gasteiger partial charge in [-0.1, -0.05) is 80.2 Å². The lowest BCUT2D eigenvalue weighted by molar-refractivity contribution is -0.140. The molecule has 262 valence electrons. The van der Waals surface area contributed by atoms with Crippen molar-refractivity contribution in [2.45, 2.75) is 168 Å². The number of ether oxygens (including phenoxy) is 1. The predicted octanol–water partition coefficient (Wildman–Crippen LogP) is 11.3. The summed E-state index contributed by atoms with van der Waals surface area (Å²) in [7, 11) is -2.98. The Balaban J connectivity index is 2.12. The summed E-state index contributed by atoms with van der Waals surface area (Å²) in [6.45, 7) is 25.5. The molecule has 0 saturated heterocycles. The van der Waals surface area contributed by atoms with Crippen molar-refractivity contribution in [3.63, 3.8) is 0 Å². The molecule has 3 atom stereocenters. The maximum Gasteiger partial charge on any atom is 0.305 e. The monoisotopic (exact) mass is 690 g/mol. The first kappa shape index (κ1) is 39.2. The molecular weight excluding hydrogens is 625 g/mol. The third-order valence-corrected chi connectivity index (χ3v) is 21.7.